The maximum Gasteiger partial charge on any atom is 0.311 e. The lowest BCUT2D eigenvalue weighted by Crippen LogP contribution is -2.38. The van der Waals surface area contributed by atoms with Gasteiger partial charge >= 0.3 is 5.97 Å². The second-order valence-electron chi connectivity index (χ2n) is 5.64. The maximum atomic E-state index is 12.0. The highest BCUT2D eigenvalue weighted by atomic mass is 17.0. The van der Waals surface area contributed by atoms with E-state index in [0.29, 0.717) is 6.42 Å². The Morgan fingerprint density at radius 1 is 1.30 bits per heavy atom. The van der Waals surface area contributed by atoms with Gasteiger partial charge in [0.05, 0.1) is 18.6 Å². The Morgan fingerprint density at radius 2 is 1.85 bits per heavy atom. The van der Waals surface area contributed by atoms with Crippen LogP contribution < -0.4 is 0 Å². The molecular formula is C12H19NO7. The molecule has 0 spiro atoms. The van der Waals surface area contributed by atoms with Crippen LogP contribution in [0.4, 0.5) is 0 Å². The molecule has 0 aliphatic carbocycles. The topological polar surface area (TPSA) is 97.1 Å². The second kappa shape index (κ2) is 5.53. The maximum absolute atomic E-state index is 12.0. The Bertz CT molecular complexity index is 397. The third kappa shape index (κ3) is 2.85. The highest BCUT2D eigenvalue weighted by molar-refractivity contribution is 5.76. The highest BCUT2D eigenvalue weighted by Gasteiger charge is 2.51. The first-order valence-corrected chi connectivity index (χ1v) is 6.60. The number of hydrogen-bond donors (Lipinski definition) is 0. The van der Waals surface area contributed by atoms with Gasteiger partial charge in [0.25, 0.3) is 5.09 Å². The molecule has 0 aromatic carbocycles. The highest BCUT2D eigenvalue weighted by Crippen LogP contribution is 2.32. The fourth-order valence-electron chi connectivity index (χ4n) is 2.17. The summed E-state index contributed by atoms with van der Waals surface area (Å²) >= 11 is 0. The van der Waals surface area contributed by atoms with Crippen LogP contribution in [0, 0.1) is 15.5 Å². The van der Waals surface area contributed by atoms with Gasteiger partial charge in [-0.1, -0.05) is 6.92 Å². The zero-order valence-electron chi connectivity index (χ0n) is 11.7. The molecule has 2 heterocycles. The van der Waals surface area contributed by atoms with Crippen LogP contribution in [0.25, 0.3) is 0 Å². The van der Waals surface area contributed by atoms with E-state index in [1.807, 2.05) is 6.92 Å². The minimum absolute atomic E-state index is 0.0571. The molecule has 0 aromatic rings. The Kier molecular flexibility index (Phi) is 4.14. The molecule has 0 amide bonds. The van der Waals surface area contributed by atoms with E-state index >= 15 is 0 Å². The summed E-state index contributed by atoms with van der Waals surface area (Å²) in [6.45, 7) is 5.73. The third-order valence-corrected chi connectivity index (χ3v) is 3.88. The second-order valence-corrected chi connectivity index (χ2v) is 5.64. The molecular weight excluding hydrogens is 270 g/mol. The van der Waals surface area contributed by atoms with Gasteiger partial charge in [-0.15, -0.1) is 10.1 Å². The first-order valence-electron chi connectivity index (χ1n) is 6.60. The van der Waals surface area contributed by atoms with Crippen LogP contribution in [0.3, 0.4) is 0 Å². The Balaban J connectivity index is 1.94. The summed E-state index contributed by atoms with van der Waals surface area (Å²) in [7, 11) is 0. The van der Waals surface area contributed by atoms with Crippen molar-refractivity contribution in [3.05, 3.63) is 10.1 Å². The van der Waals surface area contributed by atoms with E-state index in [9.17, 15) is 14.9 Å². The lowest BCUT2D eigenvalue weighted by atomic mass is 9.90. The molecule has 8 nitrogen and oxygen atoms in total. The molecule has 2 aliphatic rings. The predicted molar refractivity (Wildman–Crippen MR) is 65.3 cm³/mol. The number of rotatable bonds is 5. The zero-order valence-corrected chi connectivity index (χ0v) is 11.7. The standard InChI is InChI=1S/C12H19NO7/c1-4-12(2,3)11(14)19-7-5-17-10-8(20-13(15)16)6-18-9(7)10/h7-10H,4-6H2,1-3H3. The van der Waals surface area contributed by atoms with Crippen LogP contribution in [0.15, 0.2) is 0 Å². The van der Waals surface area contributed by atoms with Crippen molar-refractivity contribution < 1.29 is 28.9 Å². The molecule has 0 aromatic heterocycles. The first kappa shape index (κ1) is 15.0. The van der Waals surface area contributed by atoms with E-state index in [-0.39, 0.29) is 19.2 Å². The summed E-state index contributed by atoms with van der Waals surface area (Å²) in [4.78, 5) is 26.9. The number of hydrogen-bond acceptors (Lipinski definition) is 7. The van der Waals surface area contributed by atoms with Crippen molar-refractivity contribution in [1.29, 1.82) is 0 Å². The smallest absolute Gasteiger partial charge is 0.311 e. The van der Waals surface area contributed by atoms with Gasteiger partial charge in [0.1, 0.15) is 12.2 Å². The fourth-order valence-corrected chi connectivity index (χ4v) is 2.17. The molecule has 8 heteroatoms. The van der Waals surface area contributed by atoms with Gasteiger partial charge in [-0.25, -0.2) is 0 Å². The Hall–Kier alpha value is -1.41. The SMILES string of the molecule is CCC(C)(C)C(=O)OC1COC2C(O[N+](=O)[O-])COC12. The Morgan fingerprint density at radius 3 is 2.40 bits per heavy atom. The lowest BCUT2D eigenvalue weighted by molar-refractivity contribution is -0.769. The zero-order chi connectivity index (χ0) is 14.9. The van der Waals surface area contributed by atoms with Gasteiger partial charge in [0.15, 0.2) is 12.2 Å². The van der Waals surface area contributed by atoms with Gasteiger partial charge in [0.2, 0.25) is 0 Å². The van der Waals surface area contributed by atoms with E-state index in [1.54, 1.807) is 13.8 Å². The first-order chi connectivity index (χ1) is 9.35. The molecule has 4 unspecified atom stereocenters. The van der Waals surface area contributed by atoms with Crippen LogP contribution >= 0.6 is 0 Å². The minimum Gasteiger partial charge on any atom is -0.457 e. The Labute approximate surface area is 116 Å². The number of carbonyl (C=O) groups excluding carboxylic acids is 1. The summed E-state index contributed by atoms with van der Waals surface area (Å²) < 4.78 is 16.3. The van der Waals surface area contributed by atoms with Crippen molar-refractivity contribution in [3.63, 3.8) is 0 Å². The van der Waals surface area contributed by atoms with Gasteiger partial charge < -0.3 is 19.0 Å². The number of nitrogens with zero attached hydrogens (tertiary/aromatic N) is 1. The van der Waals surface area contributed by atoms with Gasteiger partial charge in [0, 0.05) is 0 Å². The van der Waals surface area contributed by atoms with Crippen LogP contribution in [0.2, 0.25) is 0 Å². The van der Waals surface area contributed by atoms with Gasteiger partial charge in [-0.2, -0.15) is 0 Å². The molecule has 0 saturated carbocycles. The number of fused-ring (bicyclic) bond motifs is 1. The monoisotopic (exact) mass is 289 g/mol. The summed E-state index contributed by atoms with van der Waals surface area (Å²) in [5, 5.41) is 9.50. The molecule has 114 valence electrons. The molecule has 2 aliphatic heterocycles. The summed E-state index contributed by atoms with van der Waals surface area (Å²) in [5.41, 5.74) is -0.576. The van der Waals surface area contributed by atoms with Crippen molar-refractivity contribution in [2.75, 3.05) is 13.2 Å². The van der Waals surface area contributed by atoms with Crippen molar-refractivity contribution in [3.8, 4) is 0 Å². The molecule has 20 heavy (non-hydrogen) atoms. The average Bonchev–Trinajstić information content (AvgIpc) is 2.93. The van der Waals surface area contributed by atoms with E-state index in [1.165, 1.54) is 0 Å². The molecule has 0 radical (unpaired) electrons. The van der Waals surface area contributed by atoms with E-state index in [2.05, 4.69) is 4.84 Å². The van der Waals surface area contributed by atoms with E-state index < -0.39 is 34.9 Å². The number of esters is 1. The summed E-state index contributed by atoms with van der Waals surface area (Å²) in [6.07, 6.45) is -1.72. The van der Waals surface area contributed by atoms with Gasteiger partial charge in [-0.3, -0.25) is 4.79 Å². The van der Waals surface area contributed by atoms with Gasteiger partial charge in [-0.05, 0) is 20.3 Å². The predicted octanol–water partition coefficient (Wildman–Crippen LogP) is 0.709. The van der Waals surface area contributed by atoms with E-state index in [4.69, 9.17) is 14.2 Å². The molecule has 2 saturated heterocycles. The number of carbonyl (C=O) groups is 1. The van der Waals surface area contributed by atoms with Crippen LogP contribution in [0.5, 0.6) is 0 Å². The fraction of sp³-hybridized carbons (Fsp3) is 0.917. The van der Waals surface area contributed by atoms with Crippen molar-refractivity contribution in [2.45, 2.75) is 51.6 Å². The van der Waals surface area contributed by atoms with Crippen LogP contribution in [0.1, 0.15) is 27.2 Å². The van der Waals surface area contributed by atoms with Crippen molar-refractivity contribution in [1.82, 2.24) is 0 Å². The number of ether oxygens (including phenoxy) is 3. The average molecular weight is 289 g/mol. The molecule has 2 rings (SSSR count). The van der Waals surface area contributed by atoms with Crippen molar-refractivity contribution >= 4 is 5.97 Å². The molecule has 4 atom stereocenters. The lowest BCUT2D eigenvalue weighted by Gasteiger charge is -2.24. The van der Waals surface area contributed by atoms with E-state index in [0.717, 1.165) is 0 Å². The molecule has 0 bridgehead atoms. The molecule has 0 N–H and O–H groups in total. The van der Waals surface area contributed by atoms with Crippen LogP contribution in [-0.2, 0) is 23.8 Å². The quantitative estimate of drug-likeness (QED) is 0.417. The summed E-state index contributed by atoms with van der Waals surface area (Å²) in [5.74, 6) is -0.323. The van der Waals surface area contributed by atoms with Crippen molar-refractivity contribution in [2.24, 2.45) is 5.41 Å². The van der Waals surface area contributed by atoms with Crippen LogP contribution in [-0.4, -0.2) is 48.7 Å². The third-order valence-electron chi connectivity index (χ3n) is 3.88. The normalized spacial score (nSPS) is 32.8. The summed E-state index contributed by atoms with van der Waals surface area (Å²) in [6, 6.07) is 0. The largest absolute Gasteiger partial charge is 0.457 e. The molecule has 2 fully saturated rings. The minimum atomic E-state index is -0.862.